The second-order valence-electron chi connectivity index (χ2n) is 3.66. The molecule has 2 aromatic heterocycles. The lowest BCUT2D eigenvalue weighted by Crippen LogP contribution is -2.10. The summed E-state index contributed by atoms with van der Waals surface area (Å²) >= 11 is 5.84. The zero-order valence-corrected chi connectivity index (χ0v) is 10.9. The van der Waals surface area contributed by atoms with Gasteiger partial charge >= 0.3 is 0 Å². The largest absolute Gasteiger partial charge is 0.354 e. The van der Waals surface area contributed by atoms with E-state index in [2.05, 4.69) is 36.3 Å². The number of halogens is 1. The summed E-state index contributed by atoms with van der Waals surface area (Å²) in [6, 6.07) is 0. The lowest BCUT2D eigenvalue weighted by atomic mass is 10.2. The van der Waals surface area contributed by atoms with Crippen LogP contribution in [-0.2, 0) is 0 Å². The minimum absolute atomic E-state index is 0.103. The van der Waals surface area contributed by atoms with Crippen LogP contribution in [0.15, 0.2) is 12.7 Å². The van der Waals surface area contributed by atoms with Crippen LogP contribution in [0.4, 0.5) is 5.95 Å². The molecular formula is C11H12ClN7. The van der Waals surface area contributed by atoms with Gasteiger partial charge in [0, 0.05) is 13.0 Å². The van der Waals surface area contributed by atoms with Crippen molar-refractivity contribution in [3.8, 4) is 18.3 Å². The smallest absolute Gasteiger partial charge is 0.258 e. The first-order valence-electron chi connectivity index (χ1n) is 5.73. The Morgan fingerprint density at radius 1 is 1.32 bits per heavy atom. The summed E-state index contributed by atoms with van der Waals surface area (Å²) in [5, 5.41) is 7.11. The highest BCUT2D eigenvalue weighted by Gasteiger charge is 2.06. The lowest BCUT2D eigenvalue weighted by Gasteiger charge is -2.05. The fraction of sp³-hybridized carbons (Fsp3) is 0.364. The molecule has 2 heterocycles. The van der Waals surface area contributed by atoms with E-state index in [1.165, 1.54) is 17.3 Å². The Hall–Kier alpha value is -2.20. The van der Waals surface area contributed by atoms with Crippen molar-refractivity contribution in [2.75, 3.05) is 11.9 Å². The number of aromatic nitrogens is 6. The minimum atomic E-state index is 0.103. The first-order chi connectivity index (χ1) is 9.29. The Kier molecular flexibility index (Phi) is 4.64. The van der Waals surface area contributed by atoms with Crippen LogP contribution in [0.2, 0.25) is 5.28 Å². The second-order valence-corrected chi connectivity index (χ2v) is 3.99. The Morgan fingerprint density at radius 3 is 2.95 bits per heavy atom. The van der Waals surface area contributed by atoms with Crippen molar-refractivity contribution in [1.29, 1.82) is 0 Å². The molecule has 0 fully saturated rings. The summed E-state index contributed by atoms with van der Waals surface area (Å²) in [6.45, 7) is 0.721. The van der Waals surface area contributed by atoms with Gasteiger partial charge in [-0.15, -0.1) is 12.3 Å². The first-order valence-corrected chi connectivity index (χ1v) is 6.11. The maximum Gasteiger partial charge on any atom is 0.258 e. The number of hydrogen-bond acceptors (Lipinski definition) is 6. The van der Waals surface area contributed by atoms with Crippen molar-refractivity contribution in [1.82, 2.24) is 29.7 Å². The molecule has 0 saturated heterocycles. The molecule has 0 bridgehead atoms. The highest BCUT2D eigenvalue weighted by atomic mass is 35.5. The molecule has 0 saturated carbocycles. The van der Waals surface area contributed by atoms with E-state index in [4.69, 9.17) is 18.0 Å². The molecule has 1 N–H and O–H groups in total. The van der Waals surface area contributed by atoms with Gasteiger partial charge in [-0.2, -0.15) is 24.7 Å². The van der Waals surface area contributed by atoms with E-state index in [1.54, 1.807) is 0 Å². The topological polar surface area (TPSA) is 81.4 Å². The number of rotatable bonds is 6. The summed E-state index contributed by atoms with van der Waals surface area (Å²) < 4.78 is 1.41. The van der Waals surface area contributed by atoms with Crippen LogP contribution in [0.1, 0.15) is 19.3 Å². The third kappa shape index (κ3) is 3.89. The monoisotopic (exact) mass is 277 g/mol. The maximum absolute atomic E-state index is 5.84. The van der Waals surface area contributed by atoms with E-state index < -0.39 is 0 Å². The molecule has 0 aromatic carbocycles. The third-order valence-electron chi connectivity index (χ3n) is 2.25. The van der Waals surface area contributed by atoms with Gasteiger partial charge in [0.25, 0.3) is 5.95 Å². The predicted octanol–water partition coefficient (Wildman–Crippen LogP) is 1.32. The molecule has 7 nitrogen and oxygen atoms in total. The maximum atomic E-state index is 5.84. The van der Waals surface area contributed by atoms with Crippen LogP contribution >= 0.6 is 11.6 Å². The van der Waals surface area contributed by atoms with E-state index in [0.29, 0.717) is 11.9 Å². The number of hydrogen-bond donors (Lipinski definition) is 1. The average Bonchev–Trinajstić information content (AvgIpc) is 2.92. The second kappa shape index (κ2) is 6.66. The van der Waals surface area contributed by atoms with Crippen molar-refractivity contribution in [3.05, 3.63) is 17.9 Å². The van der Waals surface area contributed by atoms with Gasteiger partial charge in [-0.05, 0) is 24.4 Å². The van der Waals surface area contributed by atoms with Gasteiger partial charge in [-0.3, -0.25) is 0 Å². The highest BCUT2D eigenvalue weighted by Crippen LogP contribution is 2.08. The zero-order chi connectivity index (χ0) is 13.5. The summed E-state index contributed by atoms with van der Waals surface area (Å²) in [5.41, 5.74) is 0. The van der Waals surface area contributed by atoms with Crippen molar-refractivity contribution in [2.24, 2.45) is 0 Å². The summed E-state index contributed by atoms with van der Waals surface area (Å²) in [7, 11) is 0. The molecule has 0 aliphatic rings. The molecule has 2 aromatic rings. The van der Waals surface area contributed by atoms with Gasteiger partial charge in [0.2, 0.25) is 11.2 Å². The fourth-order valence-electron chi connectivity index (χ4n) is 1.38. The number of anilines is 1. The molecule has 0 spiro atoms. The predicted molar refractivity (Wildman–Crippen MR) is 70.9 cm³/mol. The molecule has 2 rings (SSSR count). The normalized spacial score (nSPS) is 10.1. The van der Waals surface area contributed by atoms with Crippen LogP contribution in [0.5, 0.6) is 0 Å². The van der Waals surface area contributed by atoms with Crippen molar-refractivity contribution in [2.45, 2.75) is 19.3 Å². The van der Waals surface area contributed by atoms with E-state index in [1.807, 2.05) is 0 Å². The molecule has 0 unspecified atom stereocenters. The molecule has 0 aliphatic carbocycles. The highest BCUT2D eigenvalue weighted by molar-refractivity contribution is 6.28. The SMILES string of the molecule is C#CCCCCNc1nc(Cl)nc(-n2cncn2)n1. The van der Waals surface area contributed by atoms with Crippen molar-refractivity contribution in [3.63, 3.8) is 0 Å². The number of terminal acetylenes is 1. The fourth-order valence-corrected chi connectivity index (χ4v) is 1.54. The average molecular weight is 278 g/mol. The number of unbranched alkanes of at least 4 members (excludes halogenated alkanes) is 2. The molecule has 0 aliphatic heterocycles. The third-order valence-corrected chi connectivity index (χ3v) is 2.42. The molecular weight excluding hydrogens is 266 g/mol. The number of nitrogens with zero attached hydrogens (tertiary/aromatic N) is 6. The zero-order valence-electron chi connectivity index (χ0n) is 10.1. The van der Waals surface area contributed by atoms with Crippen LogP contribution in [0.25, 0.3) is 5.95 Å². The first kappa shape index (κ1) is 13.2. The van der Waals surface area contributed by atoms with E-state index in [0.717, 1.165) is 25.8 Å². The Morgan fingerprint density at radius 2 is 2.21 bits per heavy atom. The van der Waals surface area contributed by atoms with Gasteiger partial charge in [-0.25, -0.2) is 4.98 Å². The van der Waals surface area contributed by atoms with Crippen LogP contribution < -0.4 is 5.32 Å². The molecule has 19 heavy (non-hydrogen) atoms. The molecule has 98 valence electrons. The van der Waals surface area contributed by atoms with Gasteiger partial charge in [-0.1, -0.05) is 0 Å². The summed E-state index contributed by atoms with van der Waals surface area (Å²) in [5.74, 6) is 3.33. The van der Waals surface area contributed by atoms with Crippen molar-refractivity contribution < 1.29 is 0 Å². The summed E-state index contributed by atoms with van der Waals surface area (Å²) in [6.07, 6.45) is 10.7. The molecule has 8 heteroatoms. The van der Waals surface area contributed by atoms with Crippen molar-refractivity contribution >= 4 is 17.5 Å². The van der Waals surface area contributed by atoms with Crippen LogP contribution in [0, 0.1) is 12.3 Å². The van der Waals surface area contributed by atoms with Gasteiger partial charge in [0.1, 0.15) is 12.7 Å². The van der Waals surface area contributed by atoms with Gasteiger partial charge in [0.05, 0.1) is 0 Å². The van der Waals surface area contributed by atoms with E-state index >= 15 is 0 Å². The van der Waals surface area contributed by atoms with E-state index in [9.17, 15) is 0 Å². The molecule has 0 radical (unpaired) electrons. The number of nitrogens with one attached hydrogen (secondary N) is 1. The van der Waals surface area contributed by atoms with E-state index in [-0.39, 0.29) is 5.28 Å². The molecule has 0 atom stereocenters. The summed E-state index contributed by atoms with van der Waals surface area (Å²) in [4.78, 5) is 16.0. The van der Waals surface area contributed by atoms with Crippen LogP contribution in [-0.4, -0.2) is 36.3 Å². The van der Waals surface area contributed by atoms with Crippen LogP contribution in [0.3, 0.4) is 0 Å². The molecule has 0 amide bonds. The lowest BCUT2D eigenvalue weighted by molar-refractivity contribution is 0.769. The quantitative estimate of drug-likeness (QED) is 0.633. The van der Waals surface area contributed by atoms with Gasteiger partial charge < -0.3 is 5.32 Å². The standard InChI is InChI=1S/C11H12ClN7/c1-2-3-4-5-6-14-10-16-9(12)17-11(18-10)19-8-13-7-15-19/h1,7-8H,3-6H2,(H,14,16,17,18). The Bertz CT molecular complexity index is 561. The minimum Gasteiger partial charge on any atom is -0.354 e. The van der Waals surface area contributed by atoms with Gasteiger partial charge in [0.15, 0.2) is 0 Å². The Balaban J connectivity index is 2.00. The Labute approximate surface area is 115 Å².